The maximum atomic E-state index is 9.93. The van der Waals surface area contributed by atoms with Crippen molar-refractivity contribution < 1.29 is 4.79 Å². The Balaban J connectivity index is 2.26. The third kappa shape index (κ3) is 1.17. The fourth-order valence-electron chi connectivity index (χ4n) is 0.507. The van der Waals surface area contributed by atoms with Gasteiger partial charge in [0.15, 0.2) is 0 Å². The normalized spacial score (nSPS) is 30.6. The average Bonchev–Trinajstić information content (AvgIpc) is 2.14. The van der Waals surface area contributed by atoms with Gasteiger partial charge in [0.1, 0.15) is 6.29 Å². The minimum atomic E-state index is 0.130. The van der Waals surface area contributed by atoms with Crippen molar-refractivity contribution in [2.45, 2.75) is 12.5 Å². The van der Waals surface area contributed by atoms with E-state index < -0.39 is 0 Å². The van der Waals surface area contributed by atoms with E-state index in [9.17, 15) is 4.79 Å². The van der Waals surface area contributed by atoms with Crippen molar-refractivity contribution in [2.24, 2.45) is 0 Å². The summed E-state index contributed by atoms with van der Waals surface area (Å²) in [6.45, 7) is 0. The summed E-state index contributed by atoms with van der Waals surface area (Å²) in [5.41, 5.74) is 0. The number of carbonyl (C=O) groups excluding carboxylic acids is 1. The van der Waals surface area contributed by atoms with E-state index >= 15 is 0 Å². The van der Waals surface area contributed by atoms with Crippen LogP contribution in [-0.4, -0.2) is 18.1 Å². The lowest BCUT2D eigenvalue weighted by Gasteiger charge is -1.92. The highest BCUT2D eigenvalue weighted by Gasteiger charge is 2.11. The summed E-state index contributed by atoms with van der Waals surface area (Å²) in [6.07, 6.45) is 1.95. The zero-order valence-electron chi connectivity index (χ0n) is 3.89. The van der Waals surface area contributed by atoms with Crippen LogP contribution in [0.3, 0.4) is 0 Å². The molecule has 1 unspecified atom stereocenters. The average molecular weight is 117 g/mol. The minimum absolute atomic E-state index is 0.130. The molecule has 0 radical (unpaired) electrons. The largest absolute Gasteiger partial charge is 0.302 e. The molecule has 1 atom stereocenters. The zero-order valence-corrected chi connectivity index (χ0v) is 4.70. The number of rotatable bonds is 1. The number of nitrogens with one attached hydrogen (secondary N) is 1. The quantitative estimate of drug-likeness (QED) is 0.393. The molecule has 0 spiro atoms. The zero-order chi connectivity index (χ0) is 5.11. The van der Waals surface area contributed by atoms with Crippen LogP contribution >= 0.6 is 11.9 Å². The maximum absolute atomic E-state index is 9.93. The Bertz CT molecular complexity index is 70.1. The van der Waals surface area contributed by atoms with Gasteiger partial charge in [-0.25, -0.2) is 0 Å². The van der Waals surface area contributed by atoms with E-state index in [-0.39, 0.29) is 6.04 Å². The first-order valence-electron chi connectivity index (χ1n) is 2.26. The minimum Gasteiger partial charge on any atom is -0.302 e. The van der Waals surface area contributed by atoms with Gasteiger partial charge in [0, 0.05) is 5.75 Å². The van der Waals surface area contributed by atoms with Gasteiger partial charge in [-0.1, -0.05) is 11.9 Å². The van der Waals surface area contributed by atoms with E-state index in [1.54, 1.807) is 11.9 Å². The van der Waals surface area contributed by atoms with Gasteiger partial charge < -0.3 is 4.79 Å². The van der Waals surface area contributed by atoms with E-state index in [4.69, 9.17) is 0 Å². The fourth-order valence-corrected chi connectivity index (χ4v) is 1.38. The van der Waals surface area contributed by atoms with Gasteiger partial charge in [-0.15, -0.1) is 0 Å². The third-order valence-corrected chi connectivity index (χ3v) is 1.84. The molecule has 1 aliphatic heterocycles. The van der Waals surface area contributed by atoms with Gasteiger partial charge in [0.25, 0.3) is 0 Å². The van der Waals surface area contributed by atoms with Gasteiger partial charge in [-0.05, 0) is 6.42 Å². The van der Waals surface area contributed by atoms with Crippen molar-refractivity contribution in [1.82, 2.24) is 4.72 Å². The third-order valence-electron chi connectivity index (χ3n) is 0.930. The van der Waals surface area contributed by atoms with Crippen molar-refractivity contribution in [3.63, 3.8) is 0 Å². The lowest BCUT2D eigenvalue weighted by molar-refractivity contribution is -0.109. The summed E-state index contributed by atoms with van der Waals surface area (Å²) in [4.78, 5) is 9.93. The second-order valence-electron chi connectivity index (χ2n) is 1.50. The molecule has 1 N–H and O–H groups in total. The van der Waals surface area contributed by atoms with Gasteiger partial charge in [0.05, 0.1) is 6.04 Å². The molecule has 0 aliphatic carbocycles. The van der Waals surface area contributed by atoms with Crippen LogP contribution in [0.1, 0.15) is 6.42 Å². The molecule has 1 aliphatic rings. The molecular formula is C4H7NOS. The maximum Gasteiger partial charge on any atom is 0.137 e. The van der Waals surface area contributed by atoms with Crippen LogP contribution < -0.4 is 4.72 Å². The lowest BCUT2D eigenvalue weighted by Crippen LogP contribution is -2.17. The highest BCUT2D eigenvalue weighted by Crippen LogP contribution is 2.09. The van der Waals surface area contributed by atoms with Crippen LogP contribution in [0.4, 0.5) is 0 Å². The second-order valence-corrected chi connectivity index (χ2v) is 2.43. The molecule has 0 aromatic heterocycles. The molecule has 0 amide bonds. The first-order valence-corrected chi connectivity index (χ1v) is 3.24. The molecule has 2 nitrogen and oxygen atoms in total. The Morgan fingerprint density at radius 2 is 2.71 bits per heavy atom. The van der Waals surface area contributed by atoms with E-state index in [0.29, 0.717) is 0 Å². The molecule has 0 aromatic rings. The first kappa shape index (κ1) is 5.12. The molecule has 0 aromatic carbocycles. The first-order chi connectivity index (χ1) is 3.43. The Morgan fingerprint density at radius 3 is 3.00 bits per heavy atom. The monoisotopic (exact) mass is 117 g/mol. The topological polar surface area (TPSA) is 29.1 Å². The van der Waals surface area contributed by atoms with Crippen LogP contribution in [0.15, 0.2) is 0 Å². The SMILES string of the molecule is O=CC1CCSN1. The van der Waals surface area contributed by atoms with E-state index in [2.05, 4.69) is 4.72 Å². The number of aldehydes is 1. The van der Waals surface area contributed by atoms with E-state index in [1.165, 1.54) is 0 Å². The molecule has 1 heterocycles. The summed E-state index contributed by atoms with van der Waals surface area (Å²) >= 11 is 1.63. The highest BCUT2D eigenvalue weighted by molar-refractivity contribution is 7.97. The Hall–Kier alpha value is -0.0200. The van der Waals surface area contributed by atoms with Crippen molar-refractivity contribution in [3.8, 4) is 0 Å². The predicted molar refractivity (Wildman–Crippen MR) is 30.1 cm³/mol. The molecule has 40 valence electrons. The van der Waals surface area contributed by atoms with Crippen LogP contribution in [0.5, 0.6) is 0 Å². The van der Waals surface area contributed by atoms with Crippen molar-refractivity contribution >= 4 is 18.2 Å². The van der Waals surface area contributed by atoms with Crippen LogP contribution in [0, 0.1) is 0 Å². The summed E-state index contributed by atoms with van der Waals surface area (Å²) in [6, 6.07) is 0.130. The summed E-state index contributed by atoms with van der Waals surface area (Å²) in [5, 5.41) is 0. The molecule has 0 bridgehead atoms. The standard InChI is InChI=1S/C4H7NOS/c6-3-4-1-2-7-5-4/h3-5H,1-2H2. The summed E-state index contributed by atoms with van der Waals surface area (Å²) < 4.78 is 2.95. The number of hydrogen-bond acceptors (Lipinski definition) is 3. The highest BCUT2D eigenvalue weighted by atomic mass is 32.2. The molecular weight excluding hydrogens is 110 g/mol. The lowest BCUT2D eigenvalue weighted by atomic mass is 10.3. The molecule has 1 fully saturated rings. The number of hydrogen-bond donors (Lipinski definition) is 1. The smallest absolute Gasteiger partial charge is 0.137 e. The molecule has 0 saturated carbocycles. The van der Waals surface area contributed by atoms with Gasteiger partial charge in [-0.3, -0.25) is 4.72 Å². The fraction of sp³-hybridized carbons (Fsp3) is 0.750. The van der Waals surface area contributed by atoms with Crippen LogP contribution in [0.2, 0.25) is 0 Å². The van der Waals surface area contributed by atoms with Crippen molar-refractivity contribution in [3.05, 3.63) is 0 Å². The number of carbonyl (C=O) groups is 1. The van der Waals surface area contributed by atoms with Crippen LogP contribution in [0.25, 0.3) is 0 Å². The van der Waals surface area contributed by atoms with Gasteiger partial charge in [-0.2, -0.15) is 0 Å². The molecule has 1 saturated heterocycles. The van der Waals surface area contributed by atoms with Crippen molar-refractivity contribution in [1.29, 1.82) is 0 Å². The summed E-state index contributed by atoms with van der Waals surface area (Å²) in [7, 11) is 0. The molecule has 3 heteroatoms. The Kier molecular flexibility index (Phi) is 1.70. The van der Waals surface area contributed by atoms with Crippen LogP contribution in [-0.2, 0) is 4.79 Å². The van der Waals surface area contributed by atoms with Gasteiger partial charge in [0.2, 0.25) is 0 Å². The van der Waals surface area contributed by atoms with Gasteiger partial charge >= 0.3 is 0 Å². The van der Waals surface area contributed by atoms with E-state index in [1.807, 2.05) is 0 Å². The predicted octanol–water partition coefficient (Wildman–Crippen LogP) is 0.195. The molecule has 7 heavy (non-hydrogen) atoms. The molecule has 1 rings (SSSR count). The van der Waals surface area contributed by atoms with Crippen molar-refractivity contribution in [2.75, 3.05) is 5.75 Å². The van der Waals surface area contributed by atoms with E-state index in [0.717, 1.165) is 18.5 Å². The Labute approximate surface area is 46.8 Å². The second kappa shape index (κ2) is 2.33. The summed E-state index contributed by atoms with van der Waals surface area (Å²) in [5.74, 6) is 1.07. The Morgan fingerprint density at radius 1 is 1.86 bits per heavy atom.